The molecule has 0 bridgehead atoms. The van der Waals surface area contributed by atoms with E-state index in [1.165, 1.54) is 38.8 Å². The van der Waals surface area contributed by atoms with Gasteiger partial charge in [-0.1, -0.05) is 13.8 Å². The molecule has 2 aliphatic rings. The van der Waals surface area contributed by atoms with Crippen molar-refractivity contribution in [3.8, 4) is 0 Å². The summed E-state index contributed by atoms with van der Waals surface area (Å²) in [5, 5.41) is 3.58. The average Bonchev–Trinajstić information content (AvgIpc) is 3.17. The van der Waals surface area contributed by atoms with Crippen LogP contribution < -0.4 is 5.32 Å². The molecule has 0 aromatic heterocycles. The van der Waals surface area contributed by atoms with Gasteiger partial charge in [-0.3, -0.25) is 4.90 Å². The first kappa shape index (κ1) is 14.3. The van der Waals surface area contributed by atoms with Gasteiger partial charge in [0.25, 0.3) is 0 Å². The fourth-order valence-electron chi connectivity index (χ4n) is 2.49. The van der Waals surface area contributed by atoms with Gasteiger partial charge in [-0.15, -0.1) is 0 Å². The molecule has 0 aromatic rings. The zero-order valence-corrected chi connectivity index (χ0v) is 12.3. The predicted molar refractivity (Wildman–Crippen MR) is 75.8 cm³/mol. The van der Waals surface area contributed by atoms with Crippen molar-refractivity contribution in [3.63, 3.8) is 0 Å². The topological polar surface area (TPSA) is 24.5 Å². The Morgan fingerprint density at radius 3 is 2.06 bits per heavy atom. The summed E-state index contributed by atoms with van der Waals surface area (Å²) in [6.07, 6.45) is 5.77. The molecule has 0 aromatic carbocycles. The van der Waals surface area contributed by atoms with E-state index in [9.17, 15) is 0 Å². The Labute approximate surface area is 112 Å². The lowest BCUT2D eigenvalue weighted by Gasteiger charge is -2.32. The molecule has 1 unspecified atom stereocenters. The summed E-state index contributed by atoms with van der Waals surface area (Å²) in [5.74, 6) is 1.95. The maximum atomic E-state index is 5.44. The van der Waals surface area contributed by atoms with Crippen LogP contribution in [0.2, 0.25) is 0 Å². The highest BCUT2D eigenvalue weighted by Gasteiger charge is 2.32. The molecule has 0 heterocycles. The summed E-state index contributed by atoms with van der Waals surface area (Å²) < 4.78 is 5.44. The van der Waals surface area contributed by atoms with Crippen molar-refractivity contribution >= 4 is 0 Å². The number of methoxy groups -OCH3 is 1. The molecule has 0 spiro atoms. The number of nitrogens with one attached hydrogen (secondary N) is 1. The van der Waals surface area contributed by atoms with E-state index in [0.717, 1.165) is 25.0 Å². The van der Waals surface area contributed by atoms with Gasteiger partial charge >= 0.3 is 0 Å². The first-order valence-electron chi connectivity index (χ1n) is 7.65. The number of nitrogens with zero attached hydrogens (tertiary/aromatic N) is 1. The summed E-state index contributed by atoms with van der Waals surface area (Å²) in [5.41, 5.74) is 0. The van der Waals surface area contributed by atoms with Gasteiger partial charge in [-0.2, -0.15) is 0 Å². The molecule has 0 aliphatic heterocycles. The minimum atomic E-state index is 0.554. The van der Waals surface area contributed by atoms with Crippen molar-refractivity contribution < 1.29 is 4.74 Å². The van der Waals surface area contributed by atoms with Gasteiger partial charge in [0.1, 0.15) is 0 Å². The van der Waals surface area contributed by atoms with Crippen molar-refractivity contribution in [1.29, 1.82) is 0 Å². The molecule has 3 heteroatoms. The molecule has 106 valence electrons. The van der Waals surface area contributed by atoms with E-state index < -0.39 is 0 Å². The maximum absolute atomic E-state index is 5.44. The molecule has 0 radical (unpaired) electrons. The zero-order chi connectivity index (χ0) is 13.0. The SMILES string of the molecule is COCC(CNC(C)C)N(CC1CC1)CC1CC1. The second-order valence-electron chi connectivity index (χ2n) is 6.51. The largest absolute Gasteiger partial charge is 0.383 e. The quantitative estimate of drug-likeness (QED) is 0.646. The summed E-state index contributed by atoms with van der Waals surface area (Å²) in [6, 6.07) is 1.12. The highest BCUT2D eigenvalue weighted by molar-refractivity contribution is 4.86. The van der Waals surface area contributed by atoms with Crippen LogP contribution in [0, 0.1) is 11.8 Å². The first-order chi connectivity index (χ1) is 8.69. The Morgan fingerprint density at radius 1 is 1.11 bits per heavy atom. The third-order valence-electron chi connectivity index (χ3n) is 4.02. The van der Waals surface area contributed by atoms with Crippen molar-refractivity contribution in [2.45, 2.75) is 51.6 Å². The highest BCUT2D eigenvalue weighted by atomic mass is 16.5. The van der Waals surface area contributed by atoms with E-state index in [1.54, 1.807) is 0 Å². The summed E-state index contributed by atoms with van der Waals surface area (Å²) in [7, 11) is 1.83. The average molecular weight is 254 g/mol. The molecule has 0 amide bonds. The lowest BCUT2D eigenvalue weighted by Crippen LogP contribution is -2.48. The van der Waals surface area contributed by atoms with E-state index in [2.05, 4.69) is 24.1 Å². The normalized spacial score (nSPS) is 21.8. The van der Waals surface area contributed by atoms with Crippen LogP contribution in [-0.2, 0) is 4.74 Å². The Bertz CT molecular complexity index is 223. The Hall–Kier alpha value is -0.120. The predicted octanol–water partition coefficient (Wildman–Crippen LogP) is 2.12. The summed E-state index contributed by atoms with van der Waals surface area (Å²) in [6.45, 7) is 8.95. The zero-order valence-electron chi connectivity index (χ0n) is 12.3. The third-order valence-corrected chi connectivity index (χ3v) is 4.02. The van der Waals surface area contributed by atoms with Crippen LogP contribution in [0.15, 0.2) is 0 Å². The number of hydrogen-bond donors (Lipinski definition) is 1. The monoisotopic (exact) mass is 254 g/mol. The van der Waals surface area contributed by atoms with Gasteiger partial charge in [0, 0.05) is 38.8 Å². The fourth-order valence-corrected chi connectivity index (χ4v) is 2.49. The molecule has 2 fully saturated rings. The van der Waals surface area contributed by atoms with Gasteiger partial charge in [0.05, 0.1) is 6.61 Å². The van der Waals surface area contributed by atoms with Crippen molar-refractivity contribution in [2.24, 2.45) is 11.8 Å². The second-order valence-corrected chi connectivity index (χ2v) is 6.51. The number of rotatable bonds is 10. The molecule has 1 atom stereocenters. The van der Waals surface area contributed by atoms with Gasteiger partial charge in [0.15, 0.2) is 0 Å². The molecular formula is C15H30N2O. The second kappa shape index (κ2) is 6.88. The van der Waals surface area contributed by atoms with Gasteiger partial charge in [-0.05, 0) is 37.5 Å². The molecular weight excluding hydrogens is 224 g/mol. The molecule has 3 nitrogen and oxygen atoms in total. The summed E-state index contributed by atoms with van der Waals surface area (Å²) in [4.78, 5) is 2.70. The Kier molecular flexibility index (Phi) is 5.46. The minimum Gasteiger partial charge on any atom is -0.383 e. The Balaban J connectivity index is 1.83. The van der Waals surface area contributed by atoms with Gasteiger partial charge in [0.2, 0.25) is 0 Å². The smallest absolute Gasteiger partial charge is 0.0630 e. The van der Waals surface area contributed by atoms with Crippen LogP contribution in [0.1, 0.15) is 39.5 Å². The number of hydrogen-bond acceptors (Lipinski definition) is 3. The first-order valence-corrected chi connectivity index (χ1v) is 7.65. The van der Waals surface area contributed by atoms with E-state index >= 15 is 0 Å². The van der Waals surface area contributed by atoms with Crippen LogP contribution in [0.25, 0.3) is 0 Å². The number of ether oxygens (including phenoxy) is 1. The molecule has 1 N–H and O–H groups in total. The molecule has 0 saturated heterocycles. The van der Waals surface area contributed by atoms with Gasteiger partial charge < -0.3 is 10.1 Å². The third kappa shape index (κ3) is 5.25. The van der Waals surface area contributed by atoms with Crippen LogP contribution in [-0.4, -0.2) is 50.3 Å². The molecule has 2 saturated carbocycles. The van der Waals surface area contributed by atoms with Crippen LogP contribution in [0.5, 0.6) is 0 Å². The fraction of sp³-hybridized carbons (Fsp3) is 1.00. The van der Waals surface area contributed by atoms with Crippen LogP contribution >= 0.6 is 0 Å². The molecule has 2 rings (SSSR count). The van der Waals surface area contributed by atoms with Gasteiger partial charge in [-0.25, -0.2) is 0 Å². The van der Waals surface area contributed by atoms with E-state index in [-0.39, 0.29) is 0 Å². The summed E-state index contributed by atoms with van der Waals surface area (Å²) >= 11 is 0. The lowest BCUT2D eigenvalue weighted by atomic mass is 10.2. The maximum Gasteiger partial charge on any atom is 0.0630 e. The van der Waals surface area contributed by atoms with Crippen LogP contribution in [0.4, 0.5) is 0 Å². The van der Waals surface area contributed by atoms with E-state index in [1.807, 2.05) is 7.11 Å². The van der Waals surface area contributed by atoms with Crippen LogP contribution in [0.3, 0.4) is 0 Å². The van der Waals surface area contributed by atoms with E-state index in [0.29, 0.717) is 12.1 Å². The molecule has 2 aliphatic carbocycles. The van der Waals surface area contributed by atoms with Crippen molar-refractivity contribution in [2.75, 3.05) is 33.4 Å². The van der Waals surface area contributed by atoms with Crippen molar-refractivity contribution in [1.82, 2.24) is 10.2 Å². The Morgan fingerprint density at radius 2 is 1.67 bits per heavy atom. The lowest BCUT2D eigenvalue weighted by molar-refractivity contribution is 0.0815. The highest BCUT2D eigenvalue weighted by Crippen LogP contribution is 2.34. The molecule has 18 heavy (non-hydrogen) atoms. The van der Waals surface area contributed by atoms with Crippen molar-refractivity contribution in [3.05, 3.63) is 0 Å². The standard InChI is InChI=1S/C15H30N2O/c1-12(2)16-8-15(11-18-3)17(9-13-4-5-13)10-14-6-7-14/h12-16H,4-11H2,1-3H3. The van der Waals surface area contributed by atoms with E-state index in [4.69, 9.17) is 4.74 Å². The minimum absolute atomic E-state index is 0.554.